The van der Waals surface area contributed by atoms with E-state index < -0.39 is 6.67 Å². The van der Waals surface area contributed by atoms with E-state index in [1.165, 1.54) is 0 Å². The Morgan fingerprint density at radius 1 is 1.35 bits per heavy atom. The molecule has 0 aromatic heterocycles. The molecule has 0 bridgehead atoms. The summed E-state index contributed by atoms with van der Waals surface area (Å²) in [5.74, 6) is 1.31. The standard InChI is InChI=1S/C12H14FNO3/c13-5-8-3-9(11-6-14-1-2-15-11)12-10(4-8)16-7-17-12/h3-4,11,14H,1-2,5-7H2. The van der Waals surface area contributed by atoms with Crippen molar-refractivity contribution >= 4 is 0 Å². The minimum absolute atomic E-state index is 0.0919. The maximum atomic E-state index is 12.8. The largest absolute Gasteiger partial charge is 0.454 e. The zero-order chi connectivity index (χ0) is 11.7. The predicted molar refractivity (Wildman–Crippen MR) is 58.9 cm³/mol. The smallest absolute Gasteiger partial charge is 0.231 e. The van der Waals surface area contributed by atoms with E-state index in [0.29, 0.717) is 30.2 Å². The fourth-order valence-corrected chi connectivity index (χ4v) is 2.18. The molecule has 2 aliphatic rings. The predicted octanol–water partition coefficient (Wildman–Crippen LogP) is 1.55. The van der Waals surface area contributed by atoms with Crippen molar-refractivity contribution in [3.8, 4) is 11.5 Å². The van der Waals surface area contributed by atoms with Crippen LogP contribution in [0.2, 0.25) is 0 Å². The van der Waals surface area contributed by atoms with Crippen LogP contribution in [-0.2, 0) is 11.4 Å². The molecule has 1 atom stereocenters. The Labute approximate surface area is 98.7 Å². The Bertz CT molecular complexity index is 418. The van der Waals surface area contributed by atoms with Gasteiger partial charge in [-0.2, -0.15) is 0 Å². The van der Waals surface area contributed by atoms with Crippen molar-refractivity contribution in [2.75, 3.05) is 26.5 Å². The SMILES string of the molecule is FCc1cc2c(c(C3CNCCO3)c1)OCO2. The second-order valence-electron chi connectivity index (χ2n) is 4.12. The minimum atomic E-state index is -0.510. The average Bonchev–Trinajstić information content (AvgIpc) is 2.86. The molecule has 92 valence electrons. The van der Waals surface area contributed by atoms with Crippen molar-refractivity contribution in [3.05, 3.63) is 23.3 Å². The maximum Gasteiger partial charge on any atom is 0.231 e. The van der Waals surface area contributed by atoms with Crippen molar-refractivity contribution in [2.45, 2.75) is 12.8 Å². The summed E-state index contributed by atoms with van der Waals surface area (Å²) in [5, 5.41) is 3.25. The summed E-state index contributed by atoms with van der Waals surface area (Å²) in [6, 6.07) is 3.48. The molecular weight excluding hydrogens is 225 g/mol. The van der Waals surface area contributed by atoms with Crippen LogP contribution in [0, 0.1) is 0 Å². The van der Waals surface area contributed by atoms with Crippen molar-refractivity contribution in [3.63, 3.8) is 0 Å². The molecule has 2 aliphatic heterocycles. The van der Waals surface area contributed by atoms with E-state index in [-0.39, 0.29) is 12.9 Å². The average molecular weight is 239 g/mol. The fraction of sp³-hybridized carbons (Fsp3) is 0.500. The van der Waals surface area contributed by atoms with Crippen LogP contribution in [0.4, 0.5) is 4.39 Å². The number of fused-ring (bicyclic) bond motifs is 1. The molecule has 1 saturated heterocycles. The summed E-state index contributed by atoms with van der Waals surface area (Å²) in [6.07, 6.45) is -0.0919. The first-order valence-corrected chi connectivity index (χ1v) is 5.69. The van der Waals surface area contributed by atoms with Gasteiger partial charge in [0.25, 0.3) is 0 Å². The summed E-state index contributed by atoms with van der Waals surface area (Å²) in [4.78, 5) is 0. The Hall–Kier alpha value is -1.33. The van der Waals surface area contributed by atoms with Gasteiger partial charge in [0.15, 0.2) is 11.5 Å². The molecular formula is C12H14FNO3. The van der Waals surface area contributed by atoms with Gasteiger partial charge in [-0.3, -0.25) is 0 Å². The van der Waals surface area contributed by atoms with Crippen LogP contribution in [0.15, 0.2) is 12.1 Å². The zero-order valence-corrected chi connectivity index (χ0v) is 9.37. The molecule has 2 heterocycles. The number of alkyl halides is 1. The van der Waals surface area contributed by atoms with Crippen LogP contribution in [-0.4, -0.2) is 26.5 Å². The number of halogens is 1. The first kappa shape index (κ1) is 10.8. The van der Waals surface area contributed by atoms with Gasteiger partial charge in [-0.1, -0.05) is 0 Å². The monoisotopic (exact) mass is 239 g/mol. The molecule has 5 heteroatoms. The highest BCUT2D eigenvalue weighted by atomic mass is 19.1. The number of benzene rings is 1. The lowest BCUT2D eigenvalue weighted by Crippen LogP contribution is -2.33. The molecule has 1 aromatic carbocycles. The Morgan fingerprint density at radius 2 is 2.29 bits per heavy atom. The maximum absolute atomic E-state index is 12.8. The Morgan fingerprint density at radius 3 is 3.06 bits per heavy atom. The van der Waals surface area contributed by atoms with Gasteiger partial charge in [-0.05, 0) is 17.7 Å². The van der Waals surface area contributed by atoms with Gasteiger partial charge in [0.2, 0.25) is 6.79 Å². The van der Waals surface area contributed by atoms with Gasteiger partial charge in [0, 0.05) is 18.7 Å². The van der Waals surface area contributed by atoms with Crippen LogP contribution >= 0.6 is 0 Å². The van der Waals surface area contributed by atoms with Crippen LogP contribution in [0.5, 0.6) is 11.5 Å². The summed E-state index contributed by atoms with van der Waals surface area (Å²) in [7, 11) is 0. The lowest BCUT2D eigenvalue weighted by molar-refractivity contribution is 0.0259. The third kappa shape index (κ3) is 1.96. The number of rotatable bonds is 2. The lowest BCUT2D eigenvalue weighted by atomic mass is 10.0. The van der Waals surface area contributed by atoms with Crippen LogP contribution in [0.1, 0.15) is 17.2 Å². The van der Waals surface area contributed by atoms with E-state index in [2.05, 4.69) is 5.32 Å². The van der Waals surface area contributed by atoms with Gasteiger partial charge in [-0.25, -0.2) is 4.39 Å². The topological polar surface area (TPSA) is 39.7 Å². The molecule has 17 heavy (non-hydrogen) atoms. The van der Waals surface area contributed by atoms with Crippen molar-refractivity contribution in [1.29, 1.82) is 0 Å². The molecule has 0 amide bonds. The molecule has 0 aliphatic carbocycles. The number of hydrogen-bond donors (Lipinski definition) is 1. The summed E-state index contributed by atoms with van der Waals surface area (Å²) < 4.78 is 29.2. The van der Waals surface area contributed by atoms with Crippen LogP contribution in [0.25, 0.3) is 0 Å². The zero-order valence-electron chi connectivity index (χ0n) is 9.37. The lowest BCUT2D eigenvalue weighted by Gasteiger charge is -2.25. The quantitative estimate of drug-likeness (QED) is 0.850. The summed E-state index contributed by atoms with van der Waals surface area (Å²) >= 11 is 0. The Balaban J connectivity index is 1.98. The highest BCUT2D eigenvalue weighted by Gasteiger charge is 2.26. The van der Waals surface area contributed by atoms with Crippen molar-refractivity contribution in [1.82, 2.24) is 5.32 Å². The van der Waals surface area contributed by atoms with Gasteiger partial charge in [0.1, 0.15) is 6.67 Å². The van der Waals surface area contributed by atoms with E-state index in [1.54, 1.807) is 12.1 Å². The van der Waals surface area contributed by atoms with Crippen molar-refractivity contribution in [2.24, 2.45) is 0 Å². The van der Waals surface area contributed by atoms with Gasteiger partial charge >= 0.3 is 0 Å². The number of nitrogens with one attached hydrogen (secondary N) is 1. The van der Waals surface area contributed by atoms with Crippen LogP contribution in [0.3, 0.4) is 0 Å². The normalized spacial score (nSPS) is 22.8. The highest BCUT2D eigenvalue weighted by molar-refractivity contribution is 5.52. The van der Waals surface area contributed by atoms with E-state index >= 15 is 0 Å². The van der Waals surface area contributed by atoms with Crippen molar-refractivity contribution < 1.29 is 18.6 Å². The summed E-state index contributed by atoms with van der Waals surface area (Å²) in [6.45, 7) is 1.90. The van der Waals surface area contributed by atoms with E-state index in [4.69, 9.17) is 14.2 Å². The van der Waals surface area contributed by atoms with Crippen LogP contribution < -0.4 is 14.8 Å². The first-order chi connectivity index (χ1) is 8.38. The molecule has 0 radical (unpaired) electrons. The molecule has 1 aromatic rings. The molecule has 0 saturated carbocycles. The molecule has 1 fully saturated rings. The number of hydrogen-bond acceptors (Lipinski definition) is 4. The second-order valence-corrected chi connectivity index (χ2v) is 4.12. The number of morpholine rings is 1. The van der Waals surface area contributed by atoms with E-state index in [9.17, 15) is 4.39 Å². The van der Waals surface area contributed by atoms with E-state index in [1.807, 2.05) is 0 Å². The van der Waals surface area contributed by atoms with Gasteiger partial charge < -0.3 is 19.5 Å². The molecule has 4 nitrogen and oxygen atoms in total. The number of ether oxygens (including phenoxy) is 3. The molecule has 1 unspecified atom stereocenters. The third-order valence-electron chi connectivity index (χ3n) is 2.99. The highest BCUT2D eigenvalue weighted by Crippen LogP contribution is 2.41. The fourth-order valence-electron chi connectivity index (χ4n) is 2.18. The minimum Gasteiger partial charge on any atom is -0.454 e. The second kappa shape index (κ2) is 4.50. The van der Waals surface area contributed by atoms with Gasteiger partial charge in [0.05, 0.1) is 12.7 Å². The third-order valence-corrected chi connectivity index (χ3v) is 2.99. The van der Waals surface area contributed by atoms with E-state index in [0.717, 1.165) is 12.1 Å². The molecule has 1 N–H and O–H groups in total. The first-order valence-electron chi connectivity index (χ1n) is 5.69. The molecule has 0 spiro atoms. The molecule has 3 rings (SSSR count). The van der Waals surface area contributed by atoms with Gasteiger partial charge in [-0.15, -0.1) is 0 Å². The summed E-state index contributed by atoms with van der Waals surface area (Å²) in [5.41, 5.74) is 1.47. The Kier molecular flexibility index (Phi) is 2.86.